The lowest BCUT2D eigenvalue weighted by Gasteiger charge is -2.19. The first-order valence-electron chi connectivity index (χ1n) is 7.54. The number of nitrogens with zero attached hydrogens (tertiary/aromatic N) is 1. The Kier molecular flexibility index (Phi) is 4.90. The van der Waals surface area contributed by atoms with Crippen molar-refractivity contribution >= 4 is 40.5 Å². The maximum absolute atomic E-state index is 12.0. The molecule has 0 bridgehead atoms. The average Bonchev–Trinajstić information content (AvgIpc) is 3.25. The Bertz CT molecular complexity index is 758. The lowest BCUT2D eigenvalue weighted by molar-refractivity contribution is -0.119. The van der Waals surface area contributed by atoms with Gasteiger partial charge in [0.05, 0.1) is 16.9 Å². The van der Waals surface area contributed by atoms with E-state index in [1.165, 1.54) is 11.3 Å². The predicted octanol–water partition coefficient (Wildman–Crippen LogP) is 2.67. The number of ether oxygens (including phenoxy) is 1. The summed E-state index contributed by atoms with van der Waals surface area (Å²) in [5, 5.41) is 6.13. The molecule has 0 atom stereocenters. The van der Waals surface area contributed by atoms with Crippen molar-refractivity contribution < 1.29 is 19.1 Å². The first-order chi connectivity index (χ1) is 11.6. The highest BCUT2D eigenvalue weighted by molar-refractivity contribution is 7.08. The number of carbonyl (C=O) groups excluding carboxylic acids is 3. The number of amides is 2. The van der Waals surface area contributed by atoms with E-state index in [2.05, 4.69) is 5.32 Å². The van der Waals surface area contributed by atoms with Gasteiger partial charge < -0.3 is 15.0 Å². The van der Waals surface area contributed by atoms with Crippen molar-refractivity contribution in [3.05, 3.63) is 46.7 Å². The van der Waals surface area contributed by atoms with Gasteiger partial charge in [-0.05, 0) is 30.0 Å². The number of rotatable bonds is 5. The number of thiophene rings is 1. The van der Waals surface area contributed by atoms with Crippen LogP contribution in [0.15, 0.2) is 41.1 Å². The van der Waals surface area contributed by atoms with Crippen LogP contribution in [0.1, 0.15) is 23.2 Å². The zero-order valence-corrected chi connectivity index (χ0v) is 13.7. The van der Waals surface area contributed by atoms with Gasteiger partial charge >= 0.3 is 5.97 Å². The molecule has 1 fully saturated rings. The van der Waals surface area contributed by atoms with E-state index in [1.54, 1.807) is 39.9 Å². The van der Waals surface area contributed by atoms with Crippen molar-refractivity contribution in [2.24, 2.45) is 0 Å². The van der Waals surface area contributed by atoms with E-state index >= 15 is 0 Å². The highest BCUT2D eigenvalue weighted by atomic mass is 32.1. The fourth-order valence-electron chi connectivity index (χ4n) is 2.50. The Balaban J connectivity index is 1.62. The average molecular weight is 344 g/mol. The first-order valence-corrected chi connectivity index (χ1v) is 8.48. The lowest BCUT2D eigenvalue weighted by atomic mass is 10.2. The second kappa shape index (κ2) is 7.27. The maximum atomic E-state index is 12.0. The summed E-state index contributed by atoms with van der Waals surface area (Å²) in [6.07, 6.45) is 1.32. The lowest BCUT2D eigenvalue weighted by Crippen LogP contribution is -2.26. The molecule has 24 heavy (non-hydrogen) atoms. The van der Waals surface area contributed by atoms with Gasteiger partial charge in [-0.3, -0.25) is 9.59 Å². The monoisotopic (exact) mass is 344 g/mol. The van der Waals surface area contributed by atoms with Crippen LogP contribution in [-0.4, -0.2) is 30.9 Å². The van der Waals surface area contributed by atoms with Crippen molar-refractivity contribution in [3.8, 4) is 0 Å². The van der Waals surface area contributed by atoms with Crippen molar-refractivity contribution in [3.63, 3.8) is 0 Å². The normalized spacial score (nSPS) is 13.8. The van der Waals surface area contributed by atoms with Crippen LogP contribution in [-0.2, 0) is 14.3 Å². The topological polar surface area (TPSA) is 75.7 Å². The Hall–Kier alpha value is -2.67. The molecule has 3 rings (SSSR count). The highest BCUT2D eigenvalue weighted by Gasteiger charge is 2.24. The Labute approximate surface area is 143 Å². The van der Waals surface area contributed by atoms with Crippen LogP contribution in [0.25, 0.3) is 0 Å². The van der Waals surface area contributed by atoms with Gasteiger partial charge in [0.2, 0.25) is 5.91 Å². The van der Waals surface area contributed by atoms with E-state index < -0.39 is 11.9 Å². The summed E-state index contributed by atoms with van der Waals surface area (Å²) in [7, 11) is 0. The molecule has 1 aliphatic rings. The van der Waals surface area contributed by atoms with E-state index in [0.29, 0.717) is 29.9 Å². The number of hydrogen-bond acceptors (Lipinski definition) is 5. The van der Waals surface area contributed by atoms with Crippen molar-refractivity contribution in [2.45, 2.75) is 12.8 Å². The summed E-state index contributed by atoms with van der Waals surface area (Å²) in [5.74, 6) is -0.937. The van der Waals surface area contributed by atoms with Gasteiger partial charge in [0.25, 0.3) is 5.91 Å². The zero-order valence-electron chi connectivity index (χ0n) is 12.9. The Morgan fingerprint density at radius 1 is 1.25 bits per heavy atom. The van der Waals surface area contributed by atoms with E-state index in [1.807, 2.05) is 6.07 Å². The standard InChI is InChI=1S/C17H16N2O4S/c20-15(10-23-17(22)12-7-9-24-11-12)18-13-4-1-2-5-14(13)19-8-3-6-16(19)21/h1-2,4-5,7,9,11H,3,6,8,10H2,(H,18,20). The fourth-order valence-corrected chi connectivity index (χ4v) is 3.12. The summed E-state index contributed by atoms with van der Waals surface area (Å²) in [6, 6.07) is 8.74. The predicted molar refractivity (Wildman–Crippen MR) is 91.3 cm³/mol. The van der Waals surface area contributed by atoms with Crippen LogP contribution in [0.5, 0.6) is 0 Å². The minimum absolute atomic E-state index is 0.0422. The molecule has 1 aromatic carbocycles. The van der Waals surface area contributed by atoms with E-state index in [9.17, 15) is 14.4 Å². The number of esters is 1. The number of anilines is 2. The molecule has 0 unspecified atom stereocenters. The van der Waals surface area contributed by atoms with Crippen LogP contribution < -0.4 is 10.2 Å². The molecule has 2 amide bonds. The molecule has 1 N–H and O–H groups in total. The minimum Gasteiger partial charge on any atom is -0.452 e. The largest absolute Gasteiger partial charge is 0.452 e. The van der Waals surface area contributed by atoms with Crippen molar-refractivity contribution in [1.29, 1.82) is 0 Å². The molecule has 0 spiro atoms. The smallest absolute Gasteiger partial charge is 0.339 e. The molecule has 1 aliphatic heterocycles. The van der Waals surface area contributed by atoms with Crippen LogP contribution in [0.4, 0.5) is 11.4 Å². The molecule has 6 nitrogen and oxygen atoms in total. The zero-order chi connectivity index (χ0) is 16.9. The van der Waals surface area contributed by atoms with Gasteiger partial charge in [-0.2, -0.15) is 11.3 Å². The molecular weight excluding hydrogens is 328 g/mol. The molecule has 1 aromatic heterocycles. The first kappa shape index (κ1) is 16.2. The molecular formula is C17H16N2O4S. The summed E-state index contributed by atoms with van der Waals surface area (Å²) < 4.78 is 4.98. The van der Waals surface area contributed by atoms with Crippen LogP contribution in [0.2, 0.25) is 0 Å². The molecule has 2 aromatic rings. The van der Waals surface area contributed by atoms with E-state index in [0.717, 1.165) is 6.42 Å². The van der Waals surface area contributed by atoms with Gasteiger partial charge in [-0.15, -0.1) is 0 Å². The SMILES string of the molecule is O=C(COC(=O)c1ccsc1)Nc1ccccc1N1CCCC1=O. The van der Waals surface area contributed by atoms with Crippen molar-refractivity contribution in [1.82, 2.24) is 0 Å². The number of nitrogens with one attached hydrogen (secondary N) is 1. The summed E-state index contributed by atoms with van der Waals surface area (Å²) >= 11 is 1.38. The van der Waals surface area contributed by atoms with Gasteiger partial charge in [0.1, 0.15) is 0 Å². The molecule has 0 saturated carbocycles. The van der Waals surface area contributed by atoms with Crippen LogP contribution >= 0.6 is 11.3 Å². The van der Waals surface area contributed by atoms with Gasteiger partial charge in [-0.25, -0.2) is 4.79 Å². The minimum atomic E-state index is -0.533. The third kappa shape index (κ3) is 3.62. The van der Waals surface area contributed by atoms with Crippen LogP contribution in [0, 0.1) is 0 Å². The van der Waals surface area contributed by atoms with E-state index in [-0.39, 0.29) is 12.5 Å². The third-order valence-corrected chi connectivity index (χ3v) is 4.32. The third-order valence-electron chi connectivity index (χ3n) is 3.63. The Morgan fingerprint density at radius 3 is 2.79 bits per heavy atom. The molecule has 2 heterocycles. The van der Waals surface area contributed by atoms with Crippen LogP contribution in [0.3, 0.4) is 0 Å². The number of hydrogen-bond donors (Lipinski definition) is 1. The molecule has 0 radical (unpaired) electrons. The number of para-hydroxylation sites is 2. The van der Waals surface area contributed by atoms with Gasteiger partial charge in [0, 0.05) is 18.3 Å². The second-order valence-corrected chi connectivity index (χ2v) is 6.08. The molecule has 7 heteroatoms. The van der Waals surface area contributed by atoms with Crippen molar-refractivity contribution in [2.75, 3.05) is 23.4 Å². The highest BCUT2D eigenvalue weighted by Crippen LogP contribution is 2.29. The fraction of sp³-hybridized carbons (Fsp3) is 0.235. The number of benzene rings is 1. The number of carbonyl (C=O) groups is 3. The second-order valence-electron chi connectivity index (χ2n) is 5.30. The molecule has 124 valence electrons. The molecule has 1 saturated heterocycles. The van der Waals surface area contributed by atoms with Gasteiger partial charge in [-0.1, -0.05) is 12.1 Å². The quantitative estimate of drug-likeness (QED) is 0.846. The van der Waals surface area contributed by atoms with Gasteiger partial charge in [0.15, 0.2) is 6.61 Å². The van der Waals surface area contributed by atoms with E-state index in [4.69, 9.17) is 4.74 Å². The Morgan fingerprint density at radius 2 is 2.08 bits per heavy atom. The summed E-state index contributed by atoms with van der Waals surface area (Å²) in [4.78, 5) is 37.3. The summed E-state index contributed by atoms with van der Waals surface area (Å²) in [6.45, 7) is 0.260. The molecule has 0 aliphatic carbocycles. The maximum Gasteiger partial charge on any atom is 0.339 e. The summed E-state index contributed by atoms with van der Waals surface area (Å²) in [5.41, 5.74) is 1.62.